The van der Waals surface area contributed by atoms with Gasteiger partial charge in [0.05, 0.1) is 22.0 Å². The van der Waals surface area contributed by atoms with Crippen LogP contribution >= 0.6 is 0 Å². The minimum atomic E-state index is -0.998. The van der Waals surface area contributed by atoms with E-state index in [4.69, 9.17) is 10.8 Å². The molecule has 0 aliphatic rings. The van der Waals surface area contributed by atoms with Crippen molar-refractivity contribution in [3.05, 3.63) is 30.0 Å². The van der Waals surface area contributed by atoms with Crippen molar-refractivity contribution in [2.24, 2.45) is 7.05 Å². The second kappa shape index (κ2) is 3.43. The highest BCUT2D eigenvalue weighted by atomic mass is 16.4. The Morgan fingerprint density at radius 3 is 2.89 bits per heavy atom. The number of aromatic carboxylic acids is 1. The topological polar surface area (TPSA) is 94.0 Å². The molecule has 3 rings (SSSR count). The van der Waals surface area contributed by atoms with Crippen molar-refractivity contribution in [3.8, 4) is 0 Å². The van der Waals surface area contributed by atoms with Crippen LogP contribution in [0.25, 0.3) is 21.8 Å². The lowest BCUT2D eigenvalue weighted by atomic mass is 10.1. The summed E-state index contributed by atoms with van der Waals surface area (Å²) in [4.78, 5) is 15.3. The summed E-state index contributed by atoms with van der Waals surface area (Å²) in [5.41, 5.74) is 7.19. The summed E-state index contributed by atoms with van der Waals surface area (Å²) in [7, 11) is 1.77. The number of benzene rings is 1. The number of carboxylic acids is 1. The molecule has 3 aromatic rings. The molecule has 0 aliphatic carbocycles. The molecule has 0 bridgehead atoms. The van der Waals surface area contributed by atoms with E-state index in [0.717, 1.165) is 16.3 Å². The van der Waals surface area contributed by atoms with Crippen LogP contribution in [-0.4, -0.2) is 25.8 Å². The zero-order valence-electron chi connectivity index (χ0n) is 9.58. The van der Waals surface area contributed by atoms with Crippen LogP contribution in [-0.2, 0) is 7.05 Å². The molecule has 0 unspecified atom stereocenters. The van der Waals surface area contributed by atoms with Crippen LogP contribution in [0.5, 0.6) is 0 Å². The molecule has 1 aromatic carbocycles. The number of aryl methyl sites for hydroxylation is 1. The fourth-order valence-corrected chi connectivity index (χ4v) is 2.18. The van der Waals surface area contributed by atoms with Gasteiger partial charge in [0, 0.05) is 18.6 Å². The van der Waals surface area contributed by atoms with Crippen LogP contribution in [0, 0.1) is 0 Å². The first kappa shape index (κ1) is 10.5. The van der Waals surface area contributed by atoms with E-state index in [9.17, 15) is 4.79 Å². The van der Waals surface area contributed by atoms with E-state index >= 15 is 0 Å². The van der Waals surface area contributed by atoms with Crippen molar-refractivity contribution in [2.45, 2.75) is 0 Å². The highest BCUT2D eigenvalue weighted by molar-refractivity contribution is 6.12. The Morgan fingerprint density at radius 1 is 1.39 bits per heavy atom. The van der Waals surface area contributed by atoms with E-state index in [1.54, 1.807) is 24.0 Å². The van der Waals surface area contributed by atoms with Gasteiger partial charge in [0.1, 0.15) is 0 Å². The zero-order chi connectivity index (χ0) is 12.9. The fraction of sp³-hybridized carbons (Fsp3) is 0.0833. The molecule has 0 saturated heterocycles. The van der Waals surface area contributed by atoms with E-state index in [1.807, 2.05) is 6.07 Å². The quantitative estimate of drug-likeness (QED) is 0.672. The third kappa shape index (κ3) is 1.26. The molecule has 3 N–H and O–H groups in total. The second-order valence-corrected chi connectivity index (χ2v) is 4.04. The number of carboxylic acid groups (broad SMARTS) is 1. The summed E-state index contributed by atoms with van der Waals surface area (Å²) in [5.74, 6) is -0.606. The molecule has 6 heteroatoms. The Balaban J connectivity index is 2.56. The number of aromatic nitrogens is 3. The van der Waals surface area contributed by atoms with Crippen molar-refractivity contribution < 1.29 is 9.90 Å². The monoisotopic (exact) mass is 242 g/mol. The molecule has 18 heavy (non-hydrogen) atoms. The highest BCUT2D eigenvalue weighted by Crippen LogP contribution is 2.28. The number of pyridine rings is 1. The molecular formula is C12H10N4O2. The molecule has 0 saturated carbocycles. The first-order valence-corrected chi connectivity index (χ1v) is 5.33. The Bertz CT molecular complexity index is 791. The van der Waals surface area contributed by atoms with Gasteiger partial charge in [-0.05, 0) is 6.07 Å². The molecule has 90 valence electrons. The maximum Gasteiger partial charge on any atom is 0.337 e. The Kier molecular flexibility index (Phi) is 2.00. The molecule has 2 aromatic heterocycles. The Hall–Kier alpha value is -2.63. The number of para-hydroxylation sites is 1. The number of anilines is 1. The summed E-state index contributed by atoms with van der Waals surface area (Å²) in [6.07, 6.45) is 1.56. The van der Waals surface area contributed by atoms with Crippen LogP contribution in [0.15, 0.2) is 24.4 Å². The van der Waals surface area contributed by atoms with E-state index in [1.165, 1.54) is 6.07 Å². The summed E-state index contributed by atoms with van der Waals surface area (Å²) in [6.45, 7) is 0. The van der Waals surface area contributed by atoms with Crippen molar-refractivity contribution >= 4 is 33.6 Å². The van der Waals surface area contributed by atoms with Gasteiger partial charge >= 0.3 is 5.97 Å². The van der Waals surface area contributed by atoms with Crippen molar-refractivity contribution in [3.63, 3.8) is 0 Å². The SMILES string of the molecule is Cn1nc(N)c2cnc3c(C(=O)O)cccc3c21. The van der Waals surface area contributed by atoms with Gasteiger partial charge in [-0.25, -0.2) is 4.79 Å². The number of nitrogen functional groups attached to an aromatic ring is 1. The maximum atomic E-state index is 11.2. The number of hydrogen-bond donors (Lipinski definition) is 2. The normalized spacial score (nSPS) is 11.2. The van der Waals surface area contributed by atoms with Crippen LogP contribution < -0.4 is 5.73 Å². The van der Waals surface area contributed by atoms with Crippen molar-refractivity contribution in [1.82, 2.24) is 14.8 Å². The smallest absolute Gasteiger partial charge is 0.337 e. The molecule has 2 heterocycles. The number of carbonyl (C=O) groups is 1. The summed E-state index contributed by atoms with van der Waals surface area (Å²) in [6, 6.07) is 5.04. The second-order valence-electron chi connectivity index (χ2n) is 4.04. The number of nitrogens with two attached hydrogens (primary N) is 1. The molecular weight excluding hydrogens is 232 g/mol. The molecule has 0 spiro atoms. The number of fused-ring (bicyclic) bond motifs is 3. The Morgan fingerprint density at radius 2 is 2.17 bits per heavy atom. The standard InChI is InChI=1S/C12H10N4O2/c1-16-10-6-3-2-4-7(12(17)18)9(6)14-5-8(10)11(13)15-16/h2-5H,1H3,(H2,13,15)(H,17,18). The lowest BCUT2D eigenvalue weighted by molar-refractivity contribution is 0.0699. The van der Waals surface area contributed by atoms with Gasteiger partial charge in [0.2, 0.25) is 0 Å². The van der Waals surface area contributed by atoms with Gasteiger partial charge in [-0.15, -0.1) is 0 Å². The fourth-order valence-electron chi connectivity index (χ4n) is 2.18. The van der Waals surface area contributed by atoms with Crippen LogP contribution in [0.3, 0.4) is 0 Å². The average molecular weight is 242 g/mol. The molecule has 0 radical (unpaired) electrons. The molecule has 0 aliphatic heterocycles. The third-order valence-electron chi connectivity index (χ3n) is 2.96. The number of hydrogen-bond acceptors (Lipinski definition) is 4. The van der Waals surface area contributed by atoms with E-state index in [0.29, 0.717) is 11.3 Å². The summed E-state index contributed by atoms with van der Waals surface area (Å²) in [5, 5.41) is 14.7. The van der Waals surface area contributed by atoms with Crippen molar-refractivity contribution in [2.75, 3.05) is 5.73 Å². The van der Waals surface area contributed by atoms with Crippen LogP contribution in [0.1, 0.15) is 10.4 Å². The maximum absolute atomic E-state index is 11.2. The van der Waals surface area contributed by atoms with Crippen molar-refractivity contribution in [1.29, 1.82) is 0 Å². The highest BCUT2D eigenvalue weighted by Gasteiger charge is 2.15. The van der Waals surface area contributed by atoms with Crippen LogP contribution in [0.4, 0.5) is 5.82 Å². The lowest BCUT2D eigenvalue weighted by Crippen LogP contribution is -1.99. The van der Waals surface area contributed by atoms with Gasteiger partial charge in [-0.1, -0.05) is 12.1 Å². The first-order chi connectivity index (χ1) is 8.59. The van der Waals surface area contributed by atoms with E-state index < -0.39 is 5.97 Å². The van der Waals surface area contributed by atoms with E-state index in [-0.39, 0.29) is 5.56 Å². The minimum absolute atomic E-state index is 0.175. The van der Waals surface area contributed by atoms with Gasteiger partial charge < -0.3 is 10.8 Å². The predicted octanol–water partition coefficient (Wildman–Crippen LogP) is 1.40. The minimum Gasteiger partial charge on any atom is -0.478 e. The van der Waals surface area contributed by atoms with Gasteiger partial charge in [-0.3, -0.25) is 9.67 Å². The molecule has 0 amide bonds. The van der Waals surface area contributed by atoms with Gasteiger partial charge in [0.15, 0.2) is 5.82 Å². The molecule has 6 nitrogen and oxygen atoms in total. The number of rotatable bonds is 1. The van der Waals surface area contributed by atoms with E-state index in [2.05, 4.69) is 10.1 Å². The summed E-state index contributed by atoms with van der Waals surface area (Å²) >= 11 is 0. The molecule has 0 atom stereocenters. The zero-order valence-corrected chi connectivity index (χ0v) is 9.58. The van der Waals surface area contributed by atoms with Gasteiger partial charge in [0.25, 0.3) is 0 Å². The Labute approximate surface area is 102 Å². The largest absolute Gasteiger partial charge is 0.478 e. The predicted molar refractivity (Wildman–Crippen MR) is 67.4 cm³/mol. The molecule has 0 fully saturated rings. The van der Waals surface area contributed by atoms with Crippen LogP contribution in [0.2, 0.25) is 0 Å². The average Bonchev–Trinajstić information content (AvgIpc) is 2.64. The third-order valence-corrected chi connectivity index (χ3v) is 2.96. The number of nitrogens with zero attached hydrogens (tertiary/aromatic N) is 3. The summed E-state index contributed by atoms with van der Waals surface area (Å²) < 4.78 is 1.64. The lowest BCUT2D eigenvalue weighted by Gasteiger charge is -2.03. The first-order valence-electron chi connectivity index (χ1n) is 5.33. The van der Waals surface area contributed by atoms with Gasteiger partial charge in [-0.2, -0.15) is 5.10 Å².